The van der Waals surface area contributed by atoms with Crippen LogP contribution < -0.4 is 9.46 Å². The highest BCUT2D eigenvalue weighted by Crippen LogP contribution is 2.43. The number of hydrogen-bond donors (Lipinski definition) is 1. The van der Waals surface area contributed by atoms with Gasteiger partial charge in [-0.25, -0.2) is 13.3 Å². The number of pyridine rings is 1. The van der Waals surface area contributed by atoms with E-state index in [1.807, 2.05) is 0 Å². The Balaban J connectivity index is 2.24. The summed E-state index contributed by atoms with van der Waals surface area (Å²) >= 11 is 0. The van der Waals surface area contributed by atoms with Crippen LogP contribution in [0.5, 0.6) is 5.75 Å². The van der Waals surface area contributed by atoms with E-state index < -0.39 is 38.8 Å². The van der Waals surface area contributed by atoms with Crippen LogP contribution in [-0.4, -0.2) is 20.5 Å². The molecule has 1 aromatic carbocycles. The second-order valence-electron chi connectivity index (χ2n) is 7.53. The van der Waals surface area contributed by atoms with Crippen molar-refractivity contribution in [1.82, 2.24) is 9.71 Å². The lowest BCUT2D eigenvalue weighted by Crippen LogP contribution is -2.51. The van der Waals surface area contributed by atoms with E-state index in [0.29, 0.717) is 11.4 Å². The number of halogens is 4. The van der Waals surface area contributed by atoms with Gasteiger partial charge in [0, 0.05) is 12.6 Å². The van der Waals surface area contributed by atoms with Crippen molar-refractivity contribution in [3.63, 3.8) is 0 Å². The standard InChI is InChI=1S/C19H20F4N2O2S/c1-17(2,3)28(26)25-18(8-10-27-15-5-4-9-24-16(15)18)12-6-7-14(20)13(11-12)19(21,22)23/h4-7,9,11,25H,8,10H2,1-3H3/t18-,28+/m0/s1. The second-order valence-corrected chi connectivity index (χ2v) is 9.50. The van der Waals surface area contributed by atoms with Gasteiger partial charge in [-0.2, -0.15) is 13.2 Å². The molecule has 0 radical (unpaired) electrons. The SMILES string of the molecule is CC(C)(C)[S@@](=O)N[C@]1(c2ccc(F)c(C(F)(F)F)c2)CCOc2cccnc21. The van der Waals surface area contributed by atoms with Crippen LogP contribution in [0.25, 0.3) is 0 Å². The summed E-state index contributed by atoms with van der Waals surface area (Å²) in [5.41, 5.74) is -2.25. The third-order valence-electron chi connectivity index (χ3n) is 4.50. The van der Waals surface area contributed by atoms with Crippen molar-refractivity contribution in [2.45, 2.75) is 43.7 Å². The second kappa shape index (κ2) is 7.11. The third-order valence-corrected chi connectivity index (χ3v) is 6.14. The largest absolute Gasteiger partial charge is 0.491 e. The van der Waals surface area contributed by atoms with Crippen molar-refractivity contribution in [1.29, 1.82) is 0 Å². The number of aromatic nitrogens is 1. The van der Waals surface area contributed by atoms with Crippen LogP contribution in [0.2, 0.25) is 0 Å². The van der Waals surface area contributed by atoms with Gasteiger partial charge in [0.1, 0.15) is 22.8 Å². The van der Waals surface area contributed by atoms with E-state index in [1.165, 1.54) is 12.3 Å². The Bertz CT molecular complexity index is 912. The molecule has 4 nitrogen and oxygen atoms in total. The molecule has 9 heteroatoms. The van der Waals surface area contributed by atoms with Gasteiger partial charge in [0.2, 0.25) is 0 Å². The molecule has 2 atom stereocenters. The summed E-state index contributed by atoms with van der Waals surface area (Å²) in [6.07, 6.45) is -3.19. The van der Waals surface area contributed by atoms with Gasteiger partial charge < -0.3 is 4.74 Å². The number of benzene rings is 1. The van der Waals surface area contributed by atoms with Crippen LogP contribution in [0.3, 0.4) is 0 Å². The number of nitrogens with zero attached hydrogens (tertiary/aromatic N) is 1. The van der Waals surface area contributed by atoms with E-state index in [9.17, 15) is 21.8 Å². The molecule has 0 unspecified atom stereocenters. The average Bonchev–Trinajstić information content (AvgIpc) is 2.60. The molecule has 0 bridgehead atoms. The molecule has 1 aromatic heterocycles. The monoisotopic (exact) mass is 416 g/mol. The van der Waals surface area contributed by atoms with Gasteiger partial charge in [0.05, 0.1) is 27.9 Å². The average molecular weight is 416 g/mol. The highest BCUT2D eigenvalue weighted by atomic mass is 32.2. The number of rotatable bonds is 3. The highest BCUT2D eigenvalue weighted by Gasteiger charge is 2.45. The quantitative estimate of drug-likeness (QED) is 0.759. The molecule has 0 spiro atoms. The van der Waals surface area contributed by atoms with Crippen LogP contribution in [0.4, 0.5) is 17.6 Å². The lowest BCUT2D eigenvalue weighted by molar-refractivity contribution is -0.140. The number of alkyl halides is 3. The molecule has 1 N–H and O–H groups in total. The molecule has 0 saturated carbocycles. The predicted molar refractivity (Wildman–Crippen MR) is 97.6 cm³/mol. The van der Waals surface area contributed by atoms with E-state index in [0.717, 1.165) is 12.1 Å². The van der Waals surface area contributed by atoms with Gasteiger partial charge in [-0.1, -0.05) is 6.07 Å². The van der Waals surface area contributed by atoms with Crippen LogP contribution in [0.15, 0.2) is 36.5 Å². The zero-order valence-corrected chi connectivity index (χ0v) is 16.4. The molecule has 1 aliphatic heterocycles. The third kappa shape index (κ3) is 3.77. The zero-order chi connectivity index (χ0) is 20.7. The Morgan fingerprint density at radius 2 is 1.93 bits per heavy atom. The van der Waals surface area contributed by atoms with E-state index in [2.05, 4.69) is 9.71 Å². The van der Waals surface area contributed by atoms with Gasteiger partial charge in [-0.05, 0) is 50.6 Å². The Kier molecular flexibility index (Phi) is 5.26. The first-order valence-corrected chi connectivity index (χ1v) is 9.75. The zero-order valence-electron chi connectivity index (χ0n) is 15.6. The molecule has 2 heterocycles. The number of nitrogens with one attached hydrogen (secondary N) is 1. The van der Waals surface area contributed by atoms with Gasteiger partial charge in [-0.15, -0.1) is 0 Å². The lowest BCUT2D eigenvalue weighted by atomic mass is 9.82. The van der Waals surface area contributed by atoms with E-state index in [1.54, 1.807) is 32.9 Å². The Hall–Kier alpha value is -2.00. The smallest absolute Gasteiger partial charge is 0.419 e. The van der Waals surface area contributed by atoms with Gasteiger partial charge in [0.15, 0.2) is 0 Å². The summed E-state index contributed by atoms with van der Waals surface area (Å²) in [5.74, 6) is -0.985. The van der Waals surface area contributed by atoms with Gasteiger partial charge in [-0.3, -0.25) is 4.98 Å². The molecule has 0 aliphatic carbocycles. The first-order chi connectivity index (χ1) is 12.9. The number of ether oxygens (including phenoxy) is 1. The summed E-state index contributed by atoms with van der Waals surface area (Å²) < 4.78 is 74.6. The summed E-state index contributed by atoms with van der Waals surface area (Å²) in [5, 5.41) is 0. The molecular weight excluding hydrogens is 396 g/mol. The van der Waals surface area contributed by atoms with Crippen LogP contribution in [-0.2, 0) is 22.7 Å². The van der Waals surface area contributed by atoms with Gasteiger partial charge >= 0.3 is 6.18 Å². The van der Waals surface area contributed by atoms with Crippen LogP contribution in [0.1, 0.15) is 44.0 Å². The molecular formula is C19H20F4N2O2S. The maximum absolute atomic E-state index is 13.9. The summed E-state index contributed by atoms with van der Waals surface area (Å²) in [7, 11) is -1.64. The fourth-order valence-corrected chi connectivity index (χ4v) is 3.96. The Morgan fingerprint density at radius 1 is 1.21 bits per heavy atom. The minimum Gasteiger partial charge on any atom is -0.491 e. The van der Waals surface area contributed by atoms with Crippen LogP contribution >= 0.6 is 0 Å². The lowest BCUT2D eigenvalue weighted by Gasteiger charge is -2.40. The number of hydrogen-bond acceptors (Lipinski definition) is 3. The fraction of sp³-hybridized carbons (Fsp3) is 0.421. The molecule has 152 valence electrons. The highest BCUT2D eigenvalue weighted by molar-refractivity contribution is 7.84. The normalized spacial score (nSPS) is 21.0. The first kappa shape index (κ1) is 20.7. The predicted octanol–water partition coefficient (Wildman–Crippen LogP) is 4.32. The van der Waals surface area contributed by atoms with Crippen molar-refractivity contribution in [2.75, 3.05) is 6.61 Å². The minimum absolute atomic E-state index is 0.127. The van der Waals surface area contributed by atoms with Gasteiger partial charge in [0.25, 0.3) is 0 Å². The van der Waals surface area contributed by atoms with Crippen molar-refractivity contribution in [3.05, 3.63) is 59.2 Å². The van der Waals surface area contributed by atoms with E-state index in [-0.39, 0.29) is 18.6 Å². The maximum atomic E-state index is 13.9. The van der Waals surface area contributed by atoms with Crippen molar-refractivity contribution in [2.24, 2.45) is 0 Å². The van der Waals surface area contributed by atoms with Crippen molar-refractivity contribution < 1.29 is 26.5 Å². The molecule has 1 aliphatic rings. The molecule has 2 aromatic rings. The maximum Gasteiger partial charge on any atom is 0.419 e. The topological polar surface area (TPSA) is 51.2 Å². The van der Waals surface area contributed by atoms with E-state index >= 15 is 0 Å². The Morgan fingerprint density at radius 3 is 2.57 bits per heavy atom. The summed E-state index contributed by atoms with van der Waals surface area (Å²) in [6, 6.07) is 6.08. The number of fused-ring (bicyclic) bond motifs is 1. The van der Waals surface area contributed by atoms with E-state index in [4.69, 9.17) is 4.74 Å². The minimum atomic E-state index is -4.86. The molecule has 0 saturated heterocycles. The van der Waals surface area contributed by atoms with Crippen molar-refractivity contribution >= 4 is 11.0 Å². The van der Waals surface area contributed by atoms with Crippen LogP contribution in [0, 0.1) is 5.82 Å². The molecule has 0 fully saturated rings. The molecule has 28 heavy (non-hydrogen) atoms. The molecule has 3 rings (SSSR count). The first-order valence-electron chi connectivity index (χ1n) is 8.60. The summed E-state index contributed by atoms with van der Waals surface area (Å²) in [4.78, 5) is 4.30. The summed E-state index contributed by atoms with van der Waals surface area (Å²) in [6.45, 7) is 5.41. The Labute approximate surface area is 162 Å². The van der Waals surface area contributed by atoms with Crippen molar-refractivity contribution in [3.8, 4) is 5.75 Å². The molecule has 0 amide bonds. The fourth-order valence-electron chi connectivity index (χ4n) is 3.02.